The molecule has 0 aliphatic heterocycles. The van der Waals surface area contributed by atoms with Gasteiger partial charge < -0.3 is 10.1 Å². The third-order valence-corrected chi connectivity index (χ3v) is 6.10. The van der Waals surface area contributed by atoms with Crippen molar-refractivity contribution >= 4 is 56.0 Å². The second-order valence-corrected chi connectivity index (χ2v) is 8.78. The molecule has 1 aromatic heterocycles. The van der Waals surface area contributed by atoms with Gasteiger partial charge in [0.05, 0.1) is 28.6 Å². The van der Waals surface area contributed by atoms with Crippen LogP contribution < -0.4 is 10.0 Å². The van der Waals surface area contributed by atoms with Crippen LogP contribution in [0.5, 0.6) is 0 Å². The van der Waals surface area contributed by atoms with E-state index in [2.05, 4.69) is 20.0 Å². The van der Waals surface area contributed by atoms with Gasteiger partial charge in [-0.2, -0.15) is 0 Å². The van der Waals surface area contributed by atoms with E-state index in [9.17, 15) is 13.2 Å². The topological polar surface area (TPSA) is 110 Å². The number of nitrogens with zero attached hydrogens (tertiary/aromatic N) is 2. The quantitative estimate of drug-likeness (QED) is 0.397. The number of hydrogen-bond donors (Lipinski definition) is 2. The first-order valence-corrected chi connectivity index (χ1v) is 11.2. The number of aromatic nitrogens is 2. The number of methoxy groups -OCH3 is 1. The number of para-hydroxylation sites is 2. The molecule has 162 valence electrons. The zero-order valence-corrected chi connectivity index (χ0v) is 18.3. The molecular weight excluding hydrogens is 452 g/mol. The number of ether oxygens (including phenoxy) is 1. The fourth-order valence-electron chi connectivity index (χ4n) is 2.90. The second-order valence-electron chi connectivity index (χ2n) is 6.66. The highest BCUT2D eigenvalue weighted by Gasteiger charge is 2.19. The van der Waals surface area contributed by atoms with Crippen molar-refractivity contribution in [1.82, 2.24) is 9.97 Å². The zero-order valence-electron chi connectivity index (χ0n) is 16.7. The molecule has 8 nitrogen and oxygen atoms in total. The summed E-state index contributed by atoms with van der Waals surface area (Å²) in [5, 5.41) is 3.48. The molecule has 3 aromatic carbocycles. The molecular formula is C22H17ClN4O4S. The van der Waals surface area contributed by atoms with Crippen LogP contribution in [0.4, 0.5) is 17.3 Å². The van der Waals surface area contributed by atoms with E-state index < -0.39 is 16.0 Å². The van der Waals surface area contributed by atoms with Crippen LogP contribution in [0.15, 0.2) is 77.7 Å². The van der Waals surface area contributed by atoms with Crippen LogP contribution >= 0.6 is 11.6 Å². The van der Waals surface area contributed by atoms with Gasteiger partial charge in [-0.25, -0.2) is 23.2 Å². The lowest BCUT2D eigenvalue weighted by Crippen LogP contribution is -2.16. The van der Waals surface area contributed by atoms with Crippen molar-refractivity contribution in [2.24, 2.45) is 0 Å². The Morgan fingerprint density at radius 2 is 1.47 bits per heavy atom. The number of hydrogen-bond acceptors (Lipinski definition) is 7. The minimum Gasteiger partial charge on any atom is -0.465 e. The van der Waals surface area contributed by atoms with Crippen molar-refractivity contribution in [3.8, 4) is 0 Å². The number of anilines is 3. The third-order valence-electron chi connectivity index (χ3n) is 4.49. The molecule has 0 bridgehead atoms. The minimum absolute atomic E-state index is 0.0238. The van der Waals surface area contributed by atoms with Crippen molar-refractivity contribution in [1.29, 1.82) is 0 Å². The van der Waals surface area contributed by atoms with Crippen LogP contribution in [-0.2, 0) is 14.8 Å². The SMILES string of the molecule is COC(=O)c1ccc(Nc2nc3ccccc3nc2NS(=O)(=O)c2ccc(Cl)cc2)cc1. The first-order chi connectivity index (χ1) is 15.4. The monoisotopic (exact) mass is 468 g/mol. The average molecular weight is 469 g/mol. The fourth-order valence-corrected chi connectivity index (χ4v) is 4.04. The molecule has 0 fully saturated rings. The lowest BCUT2D eigenvalue weighted by atomic mass is 10.2. The Hall–Kier alpha value is -3.69. The predicted molar refractivity (Wildman–Crippen MR) is 123 cm³/mol. The molecule has 0 aliphatic rings. The van der Waals surface area contributed by atoms with Crippen LogP contribution in [0.25, 0.3) is 11.0 Å². The number of nitrogens with one attached hydrogen (secondary N) is 2. The summed E-state index contributed by atoms with van der Waals surface area (Å²) >= 11 is 5.87. The zero-order chi connectivity index (χ0) is 22.7. The largest absolute Gasteiger partial charge is 0.465 e. The molecule has 0 unspecified atom stereocenters. The van der Waals surface area contributed by atoms with E-state index in [-0.39, 0.29) is 16.5 Å². The summed E-state index contributed by atoms with van der Waals surface area (Å²) in [6.07, 6.45) is 0. The van der Waals surface area contributed by atoms with Gasteiger partial charge in [-0.1, -0.05) is 23.7 Å². The van der Waals surface area contributed by atoms with Crippen molar-refractivity contribution in [2.75, 3.05) is 17.1 Å². The highest BCUT2D eigenvalue weighted by atomic mass is 35.5. The molecule has 10 heteroatoms. The van der Waals surface area contributed by atoms with Gasteiger partial charge in [0.2, 0.25) is 0 Å². The maximum atomic E-state index is 12.9. The summed E-state index contributed by atoms with van der Waals surface area (Å²) in [6.45, 7) is 0. The van der Waals surface area contributed by atoms with Crippen LogP contribution in [0.3, 0.4) is 0 Å². The molecule has 0 aliphatic carbocycles. The highest BCUT2D eigenvalue weighted by molar-refractivity contribution is 7.92. The van der Waals surface area contributed by atoms with Gasteiger partial charge in [0.1, 0.15) is 0 Å². The van der Waals surface area contributed by atoms with Crippen LogP contribution in [0, 0.1) is 0 Å². The fraction of sp³-hybridized carbons (Fsp3) is 0.0455. The number of carbonyl (C=O) groups is 1. The lowest BCUT2D eigenvalue weighted by Gasteiger charge is -2.14. The summed E-state index contributed by atoms with van der Waals surface area (Å²) in [6, 6.07) is 19.4. The summed E-state index contributed by atoms with van der Waals surface area (Å²) < 4.78 is 33.0. The van der Waals surface area contributed by atoms with Gasteiger partial charge in [0.15, 0.2) is 11.6 Å². The molecule has 4 rings (SSSR count). The Morgan fingerprint density at radius 3 is 2.06 bits per heavy atom. The lowest BCUT2D eigenvalue weighted by molar-refractivity contribution is 0.0600. The summed E-state index contributed by atoms with van der Waals surface area (Å²) in [4.78, 5) is 20.6. The van der Waals surface area contributed by atoms with Crippen LogP contribution in [0.2, 0.25) is 5.02 Å². The van der Waals surface area contributed by atoms with Gasteiger partial charge in [-0.15, -0.1) is 0 Å². The molecule has 32 heavy (non-hydrogen) atoms. The molecule has 4 aromatic rings. The van der Waals surface area contributed by atoms with Crippen molar-refractivity contribution < 1.29 is 17.9 Å². The summed E-state index contributed by atoms with van der Waals surface area (Å²) in [7, 11) is -2.64. The molecule has 0 saturated carbocycles. The van der Waals surface area contributed by atoms with E-state index in [1.165, 1.54) is 31.4 Å². The van der Waals surface area contributed by atoms with E-state index in [4.69, 9.17) is 16.3 Å². The molecule has 0 amide bonds. The van der Waals surface area contributed by atoms with Gasteiger partial charge in [-0.05, 0) is 60.7 Å². The van der Waals surface area contributed by atoms with Crippen LogP contribution in [0.1, 0.15) is 10.4 Å². The Kier molecular flexibility index (Phi) is 5.93. The standard InChI is InChI=1S/C22H17ClN4O4S/c1-31-22(28)14-6-10-16(11-7-14)24-20-21(26-19-5-3-2-4-18(19)25-20)27-32(29,30)17-12-8-15(23)9-13-17/h2-13H,1H3,(H,24,25)(H,26,27). The normalized spacial score (nSPS) is 11.2. The maximum Gasteiger partial charge on any atom is 0.337 e. The maximum absolute atomic E-state index is 12.9. The molecule has 1 heterocycles. The molecule has 0 spiro atoms. The van der Waals surface area contributed by atoms with E-state index in [0.717, 1.165) is 0 Å². The number of halogens is 1. The smallest absolute Gasteiger partial charge is 0.337 e. The number of fused-ring (bicyclic) bond motifs is 1. The Bertz CT molecular complexity index is 1390. The van der Waals surface area contributed by atoms with Gasteiger partial charge >= 0.3 is 5.97 Å². The first-order valence-electron chi connectivity index (χ1n) is 9.36. The Morgan fingerprint density at radius 1 is 0.875 bits per heavy atom. The molecule has 0 saturated heterocycles. The van der Waals surface area contributed by atoms with Crippen molar-refractivity contribution in [3.63, 3.8) is 0 Å². The second kappa shape index (κ2) is 8.81. The number of carbonyl (C=O) groups excluding carboxylic acids is 1. The molecule has 2 N–H and O–H groups in total. The van der Waals surface area contributed by atoms with E-state index in [1.54, 1.807) is 42.5 Å². The van der Waals surface area contributed by atoms with Gasteiger partial charge in [0.25, 0.3) is 10.0 Å². The number of sulfonamides is 1. The van der Waals surface area contributed by atoms with Crippen LogP contribution in [-0.4, -0.2) is 31.5 Å². The van der Waals surface area contributed by atoms with Crippen molar-refractivity contribution in [3.05, 3.63) is 83.4 Å². The molecule has 0 radical (unpaired) electrons. The third kappa shape index (κ3) is 4.63. The van der Waals surface area contributed by atoms with E-state index in [0.29, 0.717) is 27.3 Å². The van der Waals surface area contributed by atoms with Gasteiger partial charge in [0, 0.05) is 10.7 Å². The predicted octanol–water partition coefficient (Wildman–Crippen LogP) is 4.61. The van der Waals surface area contributed by atoms with E-state index in [1.807, 2.05) is 6.07 Å². The Labute approximate surface area is 189 Å². The summed E-state index contributed by atoms with van der Waals surface area (Å²) in [5.41, 5.74) is 2.06. The Balaban J connectivity index is 1.72. The average Bonchev–Trinajstić information content (AvgIpc) is 2.79. The highest BCUT2D eigenvalue weighted by Crippen LogP contribution is 2.27. The van der Waals surface area contributed by atoms with E-state index >= 15 is 0 Å². The van der Waals surface area contributed by atoms with Gasteiger partial charge in [-0.3, -0.25) is 4.72 Å². The molecule has 0 atom stereocenters. The number of esters is 1. The number of rotatable bonds is 6. The number of benzene rings is 3. The minimum atomic E-state index is -3.95. The summed E-state index contributed by atoms with van der Waals surface area (Å²) in [5.74, 6) is -0.235. The van der Waals surface area contributed by atoms with Crippen molar-refractivity contribution in [2.45, 2.75) is 4.90 Å². The first kappa shape index (κ1) is 21.5.